The van der Waals surface area contributed by atoms with Gasteiger partial charge in [0.15, 0.2) is 17.2 Å². The third-order valence-corrected chi connectivity index (χ3v) is 5.83. The average molecular weight is 417 g/mol. The lowest BCUT2D eigenvalue weighted by molar-refractivity contribution is 0.249. The average Bonchev–Trinajstić information content (AvgIpc) is 3.50. The van der Waals surface area contributed by atoms with Crippen LogP contribution in [0.1, 0.15) is 22.6 Å². The van der Waals surface area contributed by atoms with Crippen molar-refractivity contribution in [3.63, 3.8) is 0 Å². The molecule has 2 aliphatic rings. The molecule has 0 aliphatic carbocycles. The molecular formula is C21H16FN7O2. The van der Waals surface area contributed by atoms with Crippen molar-refractivity contribution in [2.24, 2.45) is 7.05 Å². The number of aryl methyl sites for hydroxylation is 1. The molecule has 3 aromatic heterocycles. The number of nitrogens with one attached hydrogen (secondary N) is 1. The van der Waals surface area contributed by atoms with Crippen LogP contribution in [0.4, 0.5) is 10.2 Å². The minimum atomic E-state index is -0.282. The number of hydrogen-bond acceptors (Lipinski definition) is 7. The topological polar surface area (TPSA) is 102 Å². The first-order valence-electron chi connectivity index (χ1n) is 9.75. The van der Waals surface area contributed by atoms with E-state index in [9.17, 15) is 9.65 Å². The Morgan fingerprint density at radius 2 is 2.10 bits per heavy atom. The van der Waals surface area contributed by atoms with Crippen LogP contribution < -0.4 is 14.8 Å². The summed E-state index contributed by atoms with van der Waals surface area (Å²) in [6.07, 6.45) is 3.08. The van der Waals surface area contributed by atoms with Crippen molar-refractivity contribution in [1.29, 1.82) is 5.26 Å². The number of nitriles is 1. The molecule has 31 heavy (non-hydrogen) atoms. The highest BCUT2D eigenvalue weighted by Gasteiger charge is 2.32. The summed E-state index contributed by atoms with van der Waals surface area (Å²) in [4.78, 5) is 0. The van der Waals surface area contributed by atoms with Crippen LogP contribution in [0, 0.1) is 17.1 Å². The predicted molar refractivity (Wildman–Crippen MR) is 107 cm³/mol. The number of hydrogen-bond donors (Lipinski definition) is 1. The van der Waals surface area contributed by atoms with Gasteiger partial charge in [-0.3, -0.25) is 9.08 Å². The maximum Gasteiger partial charge on any atom is 0.171 e. The Labute approximate surface area is 175 Å². The minimum absolute atomic E-state index is 0.0834. The van der Waals surface area contributed by atoms with Gasteiger partial charge in [-0.05, 0) is 18.2 Å². The molecule has 0 spiro atoms. The number of fused-ring (bicyclic) bond motifs is 3. The Hall–Kier alpha value is -4.13. The molecule has 1 atom stereocenters. The molecule has 0 radical (unpaired) electrons. The number of benzene rings is 1. The van der Waals surface area contributed by atoms with Crippen molar-refractivity contribution < 1.29 is 13.9 Å². The summed E-state index contributed by atoms with van der Waals surface area (Å²) in [6.45, 7) is 1.01. The van der Waals surface area contributed by atoms with Gasteiger partial charge < -0.3 is 14.8 Å². The predicted octanol–water partition coefficient (Wildman–Crippen LogP) is 2.62. The SMILES string of the molecule is Cn1ncc(C#N)c1-c1cc2c(n3cnnc13)NCc1c(F)ccc3c1[C@@H](CO3)CO2. The molecule has 0 saturated heterocycles. The van der Waals surface area contributed by atoms with Gasteiger partial charge in [-0.25, -0.2) is 4.39 Å². The van der Waals surface area contributed by atoms with Crippen molar-refractivity contribution in [3.05, 3.63) is 53.2 Å². The molecular weight excluding hydrogens is 401 g/mol. The van der Waals surface area contributed by atoms with Crippen molar-refractivity contribution in [1.82, 2.24) is 24.4 Å². The molecule has 10 heteroatoms. The normalized spacial score (nSPS) is 16.7. The minimum Gasteiger partial charge on any atom is -0.493 e. The van der Waals surface area contributed by atoms with Gasteiger partial charge in [0.1, 0.15) is 24.0 Å². The van der Waals surface area contributed by atoms with Gasteiger partial charge in [-0.1, -0.05) is 0 Å². The van der Waals surface area contributed by atoms with Crippen LogP contribution in [0.5, 0.6) is 11.5 Å². The van der Waals surface area contributed by atoms with E-state index in [-0.39, 0.29) is 18.3 Å². The molecule has 154 valence electrons. The van der Waals surface area contributed by atoms with E-state index in [0.29, 0.717) is 58.6 Å². The van der Waals surface area contributed by atoms with Crippen LogP contribution in [-0.4, -0.2) is 37.6 Å². The maximum atomic E-state index is 14.7. The summed E-state index contributed by atoms with van der Waals surface area (Å²) in [6, 6.07) is 7.10. The number of pyridine rings is 1. The number of nitrogens with zero attached hydrogens (tertiary/aromatic N) is 6. The summed E-state index contributed by atoms with van der Waals surface area (Å²) in [5.41, 5.74) is 3.66. The van der Waals surface area contributed by atoms with Crippen LogP contribution in [-0.2, 0) is 13.6 Å². The summed E-state index contributed by atoms with van der Waals surface area (Å²) in [5.74, 6) is 1.49. The van der Waals surface area contributed by atoms with E-state index < -0.39 is 0 Å². The van der Waals surface area contributed by atoms with Crippen LogP contribution in [0.25, 0.3) is 16.9 Å². The molecule has 4 aromatic rings. The first-order chi connectivity index (χ1) is 15.2. The molecule has 9 nitrogen and oxygen atoms in total. The highest BCUT2D eigenvalue weighted by atomic mass is 19.1. The van der Waals surface area contributed by atoms with Crippen molar-refractivity contribution in [2.45, 2.75) is 12.5 Å². The number of rotatable bonds is 1. The monoisotopic (exact) mass is 417 g/mol. The second-order valence-corrected chi connectivity index (χ2v) is 7.55. The number of anilines is 1. The second-order valence-electron chi connectivity index (χ2n) is 7.55. The Bertz CT molecular complexity index is 1400. The zero-order chi connectivity index (χ0) is 21.1. The summed E-state index contributed by atoms with van der Waals surface area (Å²) in [7, 11) is 1.76. The summed E-state index contributed by atoms with van der Waals surface area (Å²) in [5, 5.41) is 25.3. The van der Waals surface area contributed by atoms with Crippen LogP contribution >= 0.6 is 0 Å². The fourth-order valence-electron chi connectivity index (χ4n) is 4.40. The zero-order valence-electron chi connectivity index (χ0n) is 16.5. The van der Waals surface area contributed by atoms with Crippen molar-refractivity contribution in [3.8, 4) is 28.8 Å². The van der Waals surface area contributed by atoms with Crippen LogP contribution in [0.3, 0.4) is 0 Å². The molecule has 2 aliphatic heterocycles. The van der Waals surface area contributed by atoms with Crippen molar-refractivity contribution in [2.75, 3.05) is 18.5 Å². The van der Waals surface area contributed by atoms with E-state index in [4.69, 9.17) is 9.47 Å². The lowest BCUT2D eigenvalue weighted by atomic mass is 9.96. The highest BCUT2D eigenvalue weighted by Crippen LogP contribution is 2.42. The first-order valence-corrected chi connectivity index (χ1v) is 9.75. The number of ether oxygens (including phenoxy) is 2. The standard InChI is InChI=1S/C21H16FN7O2/c1-28-19(11(5-23)6-26-28)13-4-17-21(29-10-25-27-20(13)29)24-7-14-15(22)2-3-16-18(14)12(8-30-16)9-31-17/h2-4,6,10,12,24H,7-9H2,1H3/t12-/m0/s1. The van der Waals surface area contributed by atoms with Gasteiger partial charge in [-0.2, -0.15) is 10.4 Å². The van der Waals surface area contributed by atoms with Gasteiger partial charge >= 0.3 is 0 Å². The van der Waals surface area contributed by atoms with E-state index >= 15 is 0 Å². The Balaban J connectivity index is 1.55. The fraction of sp³-hybridized carbons (Fsp3) is 0.238. The summed E-state index contributed by atoms with van der Waals surface area (Å²) >= 11 is 0. The van der Waals surface area contributed by atoms with Crippen molar-refractivity contribution >= 4 is 11.5 Å². The molecule has 0 unspecified atom stereocenters. The van der Waals surface area contributed by atoms with E-state index in [1.165, 1.54) is 12.3 Å². The van der Waals surface area contributed by atoms with Gasteiger partial charge in [0.05, 0.1) is 42.1 Å². The van der Waals surface area contributed by atoms with E-state index in [2.05, 4.69) is 26.7 Å². The molecule has 0 saturated carbocycles. The Morgan fingerprint density at radius 1 is 1.26 bits per heavy atom. The Kier molecular flexibility index (Phi) is 3.67. The molecule has 5 heterocycles. The second kappa shape index (κ2) is 6.43. The van der Waals surface area contributed by atoms with E-state index in [0.717, 1.165) is 5.56 Å². The third kappa shape index (κ3) is 2.49. The molecule has 1 aromatic carbocycles. The lowest BCUT2D eigenvalue weighted by Crippen LogP contribution is -2.13. The van der Waals surface area contributed by atoms with Crippen LogP contribution in [0.2, 0.25) is 0 Å². The van der Waals surface area contributed by atoms with E-state index in [1.807, 2.05) is 6.07 Å². The van der Waals surface area contributed by atoms with Gasteiger partial charge in [0.2, 0.25) is 0 Å². The molecule has 0 bridgehead atoms. The number of aromatic nitrogens is 5. The quantitative estimate of drug-likeness (QED) is 0.508. The summed E-state index contributed by atoms with van der Waals surface area (Å²) < 4.78 is 30.1. The van der Waals surface area contributed by atoms with Crippen LogP contribution in [0.15, 0.2) is 30.7 Å². The zero-order valence-corrected chi connectivity index (χ0v) is 16.5. The molecule has 0 fully saturated rings. The molecule has 6 rings (SSSR count). The largest absolute Gasteiger partial charge is 0.493 e. The van der Waals surface area contributed by atoms with E-state index in [1.54, 1.807) is 28.5 Å². The molecule has 0 amide bonds. The smallest absolute Gasteiger partial charge is 0.171 e. The fourth-order valence-corrected chi connectivity index (χ4v) is 4.40. The lowest BCUT2D eigenvalue weighted by Gasteiger charge is -2.16. The third-order valence-electron chi connectivity index (χ3n) is 5.83. The van der Waals surface area contributed by atoms with Gasteiger partial charge in [0.25, 0.3) is 0 Å². The van der Waals surface area contributed by atoms with Gasteiger partial charge in [0, 0.05) is 24.7 Å². The molecule has 1 N–H and O–H groups in total. The Morgan fingerprint density at radius 3 is 2.94 bits per heavy atom. The maximum absolute atomic E-state index is 14.7. The number of halogens is 1. The van der Waals surface area contributed by atoms with Gasteiger partial charge in [-0.15, -0.1) is 10.2 Å². The highest BCUT2D eigenvalue weighted by molar-refractivity contribution is 5.83. The first kappa shape index (κ1) is 17.7.